The predicted octanol–water partition coefficient (Wildman–Crippen LogP) is 4.50. The number of benzene rings is 2. The van der Waals surface area contributed by atoms with Crippen molar-refractivity contribution in [3.63, 3.8) is 0 Å². The number of thioether (sulfide) groups is 1. The van der Waals surface area contributed by atoms with Gasteiger partial charge in [-0.2, -0.15) is 4.91 Å². The minimum atomic E-state index is -0.344. The van der Waals surface area contributed by atoms with Crippen LogP contribution in [0.3, 0.4) is 0 Å². The largest absolute Gasteiger partial charge is 0.508 e. The Kier molecular flexibility index (Phi) is 6.61. The molecule has 0 radical (unpaired) electrons. The van der Waals surface area contributed by atoms with Crippen LogP contribution in [0.15, 0.2) is 46.5 Å². The summed E-state index contributed by atoms with van der Waals surface area (Å²) in [5.41, 5.74) is 0. The summed E-state index contributed by atoms with van der Waals surface area (Å²) in [6.07, 6.45) is 1.71. The van der Waals surface area contributed by atoms with Gasteiger partial charge in [0, 0.05) is 16.6 Å². The topological polar surface area (TPSA) is 76.0 Å². The van der Waals surface area contributed by atoms with Gasteiger partial charge < -0.3 is 9.84 Å². The molecule has 2 aromatic rings. The molecule has 0 heterocycles. The van der Waals surface area contributed by atoms with Crippen LogP contribution >= 0.6 is 11.8 Å². The van der Waals surface area contributed by atoms with Crippen LogP contribution in [-0.4, -0.2) is 29.5 Å². The summed E-state index contributed by atoms with van der Waals surface area (Å²) in [5.74, 6) is -0.00153. The Morgan fingerprint density at radius 1 is 1.25 bits per heavy atom. The molecule has 2 aromatic carbocycles. The van der Waals surface area contributed by atoms with Crippen molar-refractivity contribution in [2.24, 2.45) is 5.18 Å². The molecule has 0 aliphatic rings. The maximum atomic E-state index is 11.2. The summed E-state index contributed by atoms with van der Waals surface area (Å²) >= 11 is 1.59. The molecule has 6 heteroatoms. The fourth-order valence-corrected chi connectivity index (χ4v) is 3.70. The third-order valence-electron chi connectivity index (χ3n) is 3.88. The maximum Gasteiger partial charge on any atom is 0.305 e. The molecule has 2 unspecified atom stereocenters. The number of carbonyl (C=O) groups excluding carboxylic acids is 1. The number of nitroso groups, excluding NO2 is 1. The summed E-state index contributed by atoms with van der Waals surface area (Å²) in [4.78, 5) is 23.2. The summed E-state index contributed by atoms with van der Waals surface area (Å²) in [6, 6.07) is 10.8. The van der Waals surface area contributed by atoms with Gasteiger partial charge in [-0.05, 0) is 54.8 Å². The van der Waals surface area contributed by atoms with E-state index in [0.717, 1.165) is 15.7 Å². The zero-order valence-corrected chi connectivity index (χ0v) is 14.6. The van der Waals surface area contributed by atoms with E-state index in [2.05, 4.69) is 9.91 Å². The highest BCUT2D eigenvalue weighted by atomic mass is 32.2. The van der Waals surface area contributed by atoms with Gasteiger partial charge in [0.1, 0.15) is 11.8 Å². The number of hydrogen-bond donors (Lipinski definition) is 1. The molecule has 0 spiro atoms. The first-order chi connectivity index (χ1) is 11.5. The van der Waals surface area contributed by atoms with Gasteiger partial charge in [-0.25, -0.2) is 0 Å². The number of rotatable bonds is 8. The molecule has 2 rings (SSSR count). The third-order valence-corrected chi connectivity index (χ3v) is 5.34. The molecule has 0 amide bonds. The zero-order chi connectivity index (χ0) is 17.5. The first-order valence-corrected chi connectivity index (χ1v) is 8.70. The first kappa shape index (κ1) is 18.3. The predicted molar refractivity (Wildman–Crippen MR) is 96.4 cm³/mol. The molecular formula is C18H21NO4S. The van der Waals surface area contributed by atoms with Crippen LogP contribution in [0, 0.1) is 4.91 Å². The Balaban J connectivity index is 2.09. The Morgan fingerprint density at radius 2 is 1.96 bits per heavy atom. The number of carbonyl (C=O) groups is 1. The Bertz CT molecular complexity index is 719. The van der Waals surface area contributed by atoms with Gasteiger partial charge in [-0.1, -0.05) is 17.3 Å². The van der Waals surface area contributed by atoms with E-state index in [1.165, 1.54) is 7.11 Å². The molecule has 0 aliphatic heterocycles. The Hall–Kier alpha value is -2.08. The van der Waals surface area contributed by atoms with E-state index < -0.39 is 0 Å². The molecule has 2 atom stereocenters. The lowest BCUT2D eigenvalue weighted by Crippen LogP contribution is -2.18. The molecule has 1 N–H and O–H groups in total. The fourth-order valence-electron chi connectivity index (χ4n) is 2.48. The molecular weight excluding hydrogens is 326 g/mol. The lowest BCUT2D eigenvalue weighted by atomic mass is 10.1. The highest BCUT2D eigenvalue weighted by Gasteiger charge is 2.20. The molecule has 128 valence electrons. The van der Waals surface area contributed by atoms with E-state index in [9.17, 15) is 14.8 Å². The summed E-state index contributed by atoms with van der Waals surface area (Å²) in [7, 11) is 1.37. The average Bonchev–Trinajstić information content (AvgIpc) is 2.60. The number of phenols is 1. The van der Waals surface area contributed by atoms with E-state index in [1.807, 2.05) is 24.3 Å². The number of ether oxygens (including phenoxy) is 1. The van der Waals surface area contributed by atoms with Crippen molar-refractivity contribution < 1.29 is 14.6 Å². The number of esters is 1. The maximum absolute atomic E-state index is 11.2. The standard InChI is InChI=1S/C18H21NO4S/c1-12(19-22)17(4-3-5-18(21)23-2)24-16-9-7-13-10-15(20)8-6-14(13)11-16/h6-12,17,20H,3-5H2,1-2H3. The second kappa shape index (κ2) is 8.68. The van der Waals surface area contributed by atoms with Gasteiger partial charge in [-0.15, -0.1) is 11.8 Å². The smallest absolute Gasteiger partial charge is 0.305 e. The van der Waals surface area contributed by atoms with Crippen LogP contribution in [0.25, 0.3) is 10.8 Å². The van der Waals surface area contributed by atoms with Crippen LogP contribution in [-0.2, 0) is 9.53 Å². The summed E-state index contributed by atoms with van der Waals surface area (Å²) < 4.78 is 4.64. The molecule has 0 bridgehead atoms. The molecule has 0 saturated carbocycles. The summed E-state index contributed by atoms with van der Waals surface area (Å²) in [6.45, 7) is 1.79. The van der Waals surface area contributed by atoms with E-state index in [4.69, 9.17) is 0 Å². The van der Waals surface area contributed by atoms with Crippen molar-refractivity contribution in [1.29, 1.82) is 0 Å². The van der Waals surface area contributed by atoms with Crippen molar-refractivity contribution in [2.75, 3.05) is 7.11 Å². The molecule has 0 saturated heterocycles. The molecule has 0 aromatic heterocycles. The van der Waals surface area contributed by atoms with Gasteiger partial charge in [0.2, 0.25) is 0 Å². The quantitative estimate of drug-likeness (QED) is 0.432. The van der Waals surface area contributed by atoms with Gasteiger partial charge >= 0.3 is 5.97 Å². The van der Waals surface area contributed by atoms with Crippen LogP contribution in [0.5, 0.6) is 5.75 Å². The number of aromatic hydroxyl groups is 1. The minimum Gasteiger partial charge on any atom is -0.508 e. The lowest BCUT2D eigenvalue weighted by Gasteiger charge is -2.18. The van der Waals surface area contributed by atoms with Crippen molar-refractivity contribution in [2.45, 2.75) is 42.4 Å². The highest BCUT2D eigenvalue weighted by Crippen LogP contribution is 2.33. The summed E-state index contributed by atoms with van der Waals surface area (Å²) in [5, 5.41) is 14.7. The van der Waals surface area contributed by atoms with E-state index in [-0.39, 0.29) is 23.0 Å². The van der Waals surface area contributed by atoms with E-state index >= 15 is 0 Å². The molecule has 5 nitrogen and oxygen atoms in total. The van der Waals surface area contributed by atoms with Crippen molar-refractivity contribution >= 4 is 28.5 Å². The minimum absolute atomic E-state index is 0.00159. The van der Waals surface area contributed by atoms with Gasteiger partial charge in [-0.3, -0.25) is 4.79 Å². The first-order valence-electron chi connectivity index (χ1n) is 7.82. The number of phenolic OH excluding ortho intramolecular Hbond substituents is 1. The van der Waals surface area contributed by atoms with E-state index in [0.29, 0.717) is 19.3 Å². The van der Waals surface area contributed by atoms with Crippen molar-refractivity contribution in [3.8, 4) is 5.75 Å². The highest BCUT2D eigenvalue weighted by molar-refractivity contribution is 8.00. The normalized spacial score (nSPS) is 13.4. The monoisotopic (exact) mass is 347 g/mol. The Morgan fingerprint density at radius 3 is 2.67 bits per heavy atom. The van der Waals surface area contributed by atoms with E-state index in [1.54, 1.807) is 30.8 Å². The fraction of sp³-hybridized carbons (Fsp3) is 0.389. The van der Waals surface area contributed by atoms with Crippen LogP contribution in [0.1, 0.15) is 26.2 Å². The van der Waals surface area contributed by atoms with Gasteiger partial charge in [0.15, 0.2) is 0 Å². The SMILES string of the molecule is COC(=O)CCCC(Sc1ccc2cc(O)ccc2c1)C(C)N=O. The second-order valence-electron chi connectivity index (χ2n) is 5.66. The van der Waals surface area contributed by atoms with Gasteiger partial charge in [0.05, 0.1) is 7.11 Å². The molecule has 24 heavy (non-hydrogen) atoms. The van der Waals surface area contributed by atoms with Crippen molar-refractivity contribution in [3.05, 3.63) is 41.3 Å². The molecule has 0 fully saturated rings. The third kappa shape index (κ3) is 4.96. The van der Waals surface area contributed by atoms with Crippen LogP contribution in [0.4, 0.5) is 0 Å². The zero-order valence-electron chi connectivity index (χ0n) is 13.8. The van der Waals surface area contributed by atoms with Crippen molar-refractivity contribution in [1.82, 2.24) is 0 Å². The second-order valence-corrected chi connectivity index (χ2v) is 6.98. The number of nitrogens with zero attached hydrogens (tertiary/aromatic N) is 1. The average molecular weight is 347 g/mol. The van der Waals surface area contributed by atoms with Gasteiger partial charge in [0.25, 0.3) is 0 Å². The van der Waals surface area contributed by atoms with Crippen LogP contribution < -0.4 is 0 Å². The lowest BCUT2D eigenvalue weighted by molar-refractivity contribution is -0.140. The molecule has 0 aliphatic carbocycles. The Labute approximate surface area is 145 Å². The number of methoxy groups -OCH3 is 1. The van der Waals surface area contributed by atoms with Crippen LogP contribution in [0.2, 0.25) is 0 Å². The number of fused-ring (bicyclic) bond motifs is 1. The number of hydrogen-bond acceptors (Lipinski definition) is 6.